The number of rotatable bonds is 8. The molecule has 1 fully saturated rings. The van der Waals surface area contributed by atoms with Gasteiger partial charge in [0.25, 0.3) is 0 Å². The highest BCUT2D eigenvalue weighted by Crippen LogP contribution is 2.36. The Morgan fingerprint density at radius 2 is 1.86 bits per heavy atom. The van der Waals surface area contributed by atoms with Gasteiger partial charge < -0.3 is 5.11 Å². The van der Waals surface area contributed by atoms with Crippen LogP contribution in [-0.4, -0.2) is 41.1 Å². The smallest absolute Gasteiger partial charge is 0.304 e. The quantitative estimate of drug-likeness (QED) is 0.378. The van der Waals surface area contributed by atoms with Crippen LogP contribution in [0.5, 0.6) is 0 Å². The molecule has 36 heavy (non-hydrogen) atoms. The van der Waals surface area contributed by atoms with Crippen LogP contribution in [0.1, 0.15) is 78.0 Å². The van der Waals surface area contributed by atoms with E-state index in [4.69, 9.17) is 0 Å². The van der Waals surface area contributed by atoms with Crippen LogP contribution in [0, 0.1) is 19.8 Å². The Bertz CT molecular complexity index is 1380. The summed E-state index contributed by atoms with van der Waals surface area (Å²) < 4.78 is 3.81. The Morgan fingerprint density at radius 1 is 1.08 bits per heavy atom. The molecule has 1 aliphatic carbocycles. The fraction of sp³-hybridized carbons (Fsp3) is 0.464. The van der Waals surface area contributed by atoms with Crippen LogP contribution in [0.4, 0.5) is 0 Å². The molecule has 8 heteroatoms. The van der Waals surface area contributed by atoms with Gasteiger partial charge in [0.2, 0.25) is 0 Å². The molecule has 0 aliphatic heterocycles. The van der Waals surface area contributed by atoms with Gasteiger partial charge in [-0.15, -0.1) is 10.2 Å². The van der Waals surface area contributed by atoms with E-state index in [0.717, 1.165) is 51.1 Å². The van der Waals surface area contributed by atoms with Crippen LogP contribution in [-0.2, 0) is 24.8 Å². The number of carboxylic acid groups (broad SMARTS) is 1. The SMILES string of the molecule is Cc1ccc(C(CC(=O)O)c2ccc3c(nnn3C)c2C)c(Cc2cnnn2CC2CCCCC2)c1. The van der Waals surface area contributed by atoms with Crippen LogP contribution < -0.4 is 0 Å². The summed E-state index contributed by atoms with van der Waals surface area (Å²) in [5, 5.41) is 27.0. The molecule has 0 spiro atoms. The molecule has 1 N–H and O–H groups in total. The second kappa shape index (κ2) is 10.2. The molecular formula is C28H34N6O2. The summed E-state index contributed by atoms with van der Waals surface area (Å²) >= 11 is 0. The zero-order chi connectivity index (χ0) is 25.2. The highest BCUT2D eigenvalue weighted by Gasteiger charge is 2.25. The molecular weight excluding hydrogens is 452 g/mol. The van der Waals surface area contributed by atoms with E-state index in [0.29, 0.717) is 12.3 Å². The maximum atomic E-state index is 12.0. The predicted molar refractivity (Wildman–Crippen MR) is 138 cm³/mol. The van der Waals surface area contributed by atoms with Gasteiger partial charge in [0, 0.05) is 25.9 Å². The number of hydrogen-bond donors (Lipinski definition) is 1. The maximum Gasteiger partial charge on any atom is 0.304 e. The van der Waals surface area contributed by atoms with E-state index in [2.05, 4.69) is 50.4 Å². The first kappa shape index (κ1) is 24.2. The van der Waals surface area contributed by atoms with Crippen LogP contribution >= 0.6 is 0 Å². The third-order valence-electron chi connectivity index (χ3n) is 7.73. The Kier molecular flexibility index (Phi) is 6.85. The Balaban J connectivity index is 1.53. The van der Waals surface area contributed by atoms with Crippen molar-refractivity contribution in [3.63, 3.8) is 0 Å². The maximum absolute atomic E-state index is 12.0. The highest BCUT2D eigenvalue weighted by molar-refractivity contribution is 5.80. The van der Waals surface area contributed by atoms with Gasteiger partial charge in [-0.25, -0.2) is 9.36 Å². The first-order valence-corrected chi connectivity index (χ1v) is 12.9. The van der Waals surface area contributed by atoms with E-state index in [1.54, 1.807) is 4.68 Å². The average Bonchev–Trinajstić information content (AvgIpc) is 3.45. The molecule has 1 unspecified atom stereocenters. The lowest BCUT2D eigenvalue weighted by Gasteiger charge is -2.23. The molecule has 0 amide bonds. The number of carboxylic acids is 1. The monoisotopic (exact) mass is 486 g/mol. The van der Waals surface area contributed by atoms with Crippen molar-refractivity contribution < 1.29 is 9.90 Å². The fourth-order valence-electron chi connectivity index (χ4n) is 5.79. The van der Waals surface area contributed by atoms with E-state index in [9.17, 15) is 9.90 Å². The molecule has 2 heterocycles. The van der Waals surface area contributed by atoms with Crippen molar-refractivity contribution in [2.24, 2.45) is 13.0 Å². The molecule has 5 rings (SSSR count). The summed E-state index contributed by atoms with van der Waals surface area (Å²) in [4.78, 5) is 12.0. The molecule has 1 atom stereocenters. The normalized spacial score (nSPS) is 15.4. The minimum Gasteiger partial charge on any atom is -0.481 e. The van der Waals surface area contributed by atoms with Gasteiger partial charge in [0.15, 0.2) is 0 Å². The molecule has 8 nitrogen and oxygen atoms in total. The van der Waals surface area contributed by atoms with Crippen molar-refractivity contribution in [2.75, 3.05) is 0 Å². The summed E-state index contributed by atoms with van der Waals surface area (Å²) in [5.41, 5.74) is 8.07. The van der Waals surface area contributed by atoms with Crippen molar-refractivity contribution >= 4 is 17.0 Å². The van der Waals surface area contributed by atoms with E-state index < -0.39 is 5.97 Å². The summed E-state index contributed by atoms with van der Waals surface area (Å²) in [6.07, 6.45) is 8.95. The fourth-order valence-corrected chi connectivity index (χ4v) is 5.79. The van der Waals surface area contributed by atoms with E-state index in [1.807, 2.05) is 32.3 Å². The van der Waals surface area contributed by atoms with Gasteiger partial charge in [-0.1, -0.05) is 59.5 Å². The van der Waals surface area contributed by atoms with Gasteiger partial charge in [0.05, 0.1) is 23.8 Å². The predicted octanol–water partition coefficient (Wildman–Crippen LogP) is 4.95. The topological polar surface area (TPSA) is 98.7 Å². The molecule has 2 aromatic heterocycles. The van der Waals surface area contributed by atoms with E-state index in [1.165, 1.54) is 32.1 Å². The van der Waals surface area contributed by atoms with Crippen molar-refractivity contribution in [2.45, 2.75) is 71.3 Å². The summed E-state index contributed by atoms with van der Waals surface area (Å²) in [6.45, 7) is 4.99. The minimum absolute atomic E-state index is 0.00224. The number of benzene rings is 2. The molecule has 0 bridgehead atoms. The lowest BCUT2D eigenvalue weighted by Crippen LogP contribution is -2.18. The van der Waals surface area contributed by atoms with Crippen molar-refractivity contribution in [1.82, 2.24) is 30.0 Å². The van der Waals surface area contributed by atoms with E-state index in [-0.39, 0.29) is 12.3 Å². The van der Waals surface area contributed by atoms with E-state index >= 15 is 0 Å². The second-order valence-corrected chi connectivity index (χ2v) is 10.3. The standard InChI is InChI=1S/C28H34N6O2/c1-18-9-10-24(21(13-18)14-22-16-29-31-34(22)17-20-7-5-4-6-8-20)25(15-27(35)36)23-11-12-26-28(19(23)2)30-32-33(26)3/h9-13,16,20,25H,4-8,14-15,17H2,1-3H3,(H,35,36). The number of fused-ring (bicyclic) bond motifs is 1. The molecule has 1 aliphatic rings. The van der Waals surface area contributed by atoms with Gasteiger partial charge in [-0.3, -0.25) is 4.79 Å². The number of carbonyl (C=O) groups is 1. The Morgan fingerprint density at radius 3 is 2.64 bits per heavy atom. The van der Waals surface area contributed by atoms with Crippen molar-refractivity contribution in [3.05, 3.63) is 70.0 Å². The third kappa shape index (κ3) is 4.90. The van der Waals surface area contributed by atoms with Crippen LogP contribution in [0.25, 0.3) is 11.0 Å². The first-order chi connectivity index (χ1) is 17.4. The molecule has 0 radical (unpaired) electrons. The Hall–Kier alpha value is -3.55. The summed E-state index contributed by atoms with van der Waals surface area (Å²) in [5.74, 6) is -0.473. The number of aryl methyl sites for hydroxylation is 3. The average molecular weight is 487 g/mol. The van der Waals surface area contributed by atoms with Crippen LogP contribution in [0.15, 0.2) is 36.5 Å². The minimum atomic E-state index is -0.825. The molecule has 188 valence electrons. The van der Waals surface area contributed by atoms with Crippen molar-refractivity contribution in [3.8, 4) is 0 Å². The van der Waals surface area contributed by atoms with Gasteiger partial charge in [-0.2, -0.15) is 0 Å². The number of hydrogen-bond acceptors (Lipinski definition) is 5. The zero-order valence-electron chi connectivity index (χ0n) is 21.3. The number of aromatic nitrogens is 6. The molecule has 4 aromatic rings. The zero-order valence-corrected chi connectivity index (χ0v) is 21.3. The molecule has 0 saturated heterocycles. The highest BCUT2D eigenvalue weighted by atomic mass is 16.4. The lowest BCUT2D eigenvalue weighted by molar-refractivity contribution is -0.137. The molecule has 2 aromatic carbocycles. The molecule has 1 saturated carbocycles. The van der Waals surface area contributed by atoms with Crippen LogP contribution in [0.2, 0.25) is 0 Å². The van der Waals surface area contributed by atoms with Gasteiger partial charge in [-0.05, 0) is 60.9 Å². The summed E-state index contributed by atoms with van der Waals surface area (Å²) in [7, 11) is 1.87. The largest absolute Gasteiger partial charge is 0.481 e. The first-order valence-electron chi connectivity index (χ1n) is 12.9. The second-order valence-electron chi connectivity index (χ2n) is 10.3. The number of nitrogens with zero attached hydrogens (tertiary/aromatic N) is 6. The number of aliphatic carboxylic acids is 1. The summed E-state index contributed by atoms with van der Waals surface area (Å²) in [6, 6.07) is 10.4. The van der Waals surface area contributed by atoms with Crippen LogP contribution in [0.3, 0.4) is 0 Å². The Labute approximate surface area is 211 Å². The van der Waals surface area contributed by atoms with Gasteiger partial charge >= 0.3 is 5.97 Å². The lowest BCUT2D eigenvalue weighted by atomic mass is 9.82. The van der Waals surface area contributed by atoms with Gasteiger partial charge in [0.1, 0.15) is 5.52 Å². The third-order valence-corrected chi connectivity index (χ3v) is 7.73. The van der Waals surface area contributed by atoms with Crippen molar-refractivity contribution in [1.29, 1.82) is 0 Å².